The van der Waals surface area contributed by atoms with E-state index in [9.17, 15) is 4.79 Å². The zero-order valence-electron chi connectivity index (χ0n) is 11.6. The van der Waals surface area contributed by atoms with Gasteiger partial charge < -0.3 is 9.53 Å². The Kier molecular flexibility index (Phi) is 6.40. The molecule has 3 nitrogen and oxygen atoms in total. The number of methoxy groups -OCH3 is 1. The lowest BCUT2D eigenvalue weighted by molar-refractivity contribution is -0.117. The highest BCUT2D eigenvalue weighted by Gasteiger charge is 2.14. The van der Waals surface area contributed by atoms with Gasteiger partial charge in [-0.05, 0) is 24.8 Å². The van der Waals surface area contributed by atoms with Crippen LogP contribution in [0.5, 0.6) is 5.88 Å². The van der Waals surface area contributed by atoms with Crippen molar-refractivity contribution in [2.75, 3.05) is 7.11 Å². The third-order valence-electron chi connectivity index (χ3n) is 3.13. The predicted octanol–water partition coefficient (Wildman–Crippen LogP) is 3.73. The smallest absolute Gasteiger partial charge is 0.212 e. The van der Waals surface area contributed by atoms with Gasteiger partial charge in [-0.3, -0.25) is 0 Å². The minimum Gasteiger partial charge on any atom is -0.481 e. The van der Waals surface area contributed by atoms with Crippen molar-refractivity contribution in [3.05, 3.63) is 23.9 Å². The number of ether oxygens (including phenoxy) is 1. The van der Waals surface area contributed by atoms with E-state index in [0.29, 0.717) is 18.2 Å². The maximum atomic E-state index is 11.3. The Bertz CT molecular complexity index is 359. The van der Waals surface area contributed by atoms with Gasteiger partial charge in [0.2, 0.25) is 5.88 Å². The average molecular weight is 249 g/mol. The Morgan fingerprint density at radius 2 is 2.17 bits per heavy atom. The minimum absolute atomic E-state index is 0.243. The maximum Gasteiger partial charge on any atom is 0.212 e. The Hall–Kier alpha value is -1.38. The van der Waals surface area contributed by atoms with E-state index in [1.807, 2.05) is 18.3 Å². The fraction of sp³-hybridized carbons (Fsp3) is 0.600. The second-order valence-corrected chi connectivity index (χ2v) is 4.73. The molecule has 0 spiro atoms. The highest BCUT2D eigenvalue weighted by Crippen LogP contribution is 2.26. The summed E-state index contributed by atoms with van der Waals surface area (Å²) in [5.74, 6) is 1.16. The van der Waals surface area contributed by atoms with Crippen LogP contribution < -0.4 is 4.74 Å². The van der Waals surface area contributed by atoms with E-state index in [1.54, 1.807) is 14.0 Å². The molecule has 1 atom stereocenters. The molecule has 18 heavy (non-hydrogen) atoms. The summed E-state index contributed by atoms with van der Waals surface area (Å²) >= 11 is 0. The summed E-state index contributed by atoms with van der Waals surface area (Å²) < 4.78 is 5.05. The summed E-state index contributed by atoms with van der Waals surface area (Å²) in [5.41, 5.74) is 1.14. The minimum atomic E-state index is 0.243. The van der Waals surface area contributed by atoms with Gasteiger partial charge in [0.15, 0.2) is 0 Å². The Morgan fingerprint density at radius 3 is 2.67 bits per heavy atom. The molecule has 0 saturated heterocycles. The quantitative estimate of drug-likeness (QED) is 0.659. The number of pyridine rings is 1. The number of carbonyl (C=O) groups is 1. The molecule has 1 aromatic rings. The van der Waals surface area contributed by atoms with Crippen molar-refractivity contribution in [2.24, 2.45) is 0 Å². The predicted molar refractivity (Wildman–Crippen MR) is 73.0 cm³/mol. The van der Waals surface area contributed by atoms with Crippen LogP contribution in [0.15, 0.2) is 18.3 Å². The standard InChI is InChI=1S/C15H23NO2/c1-4-5-6-7-13(10-12(2)17)14-8-9-15(18-3)16-11-14/h8-9,11,13H,4-7,10H2,1-3H3/t13-/m1/s1. The van der Waals surface area contributed by atoms with E-state index in [4.69, 9.17) is 4.74 Å². The van der Waals surface area contributed by atoms with Gasteiger partial charge in [0.05, 0.1) is 7.11 Å². The number of carbonyl (C=O) groups excluding carboxylic acids is 1. The van der Waals surface area contributed by atoms with Crippen LogP contribution in [0.2, 0.25) is 0 Å². The van der Waals surface area contributed by atoms with Gasteiger partial charge in [0.1, 0.15) is 5.78 Å². The van der Waals surface area contributed by atoms with Crippen LogP contribution in [0.3, 0.4) is 0 Å². The van der Waals surface area contributed by atoms with E-state index < -0.39 is 0 Å². The summed E-state index contributed by atoms with van der Waals surface area (Å²) in [6.07, 6.45) is 7.09. The number of nitrogens with zero attached hydrogens (tertiary/aromatic N) is 1. The summed E-state index contributed by atoms with van der Waals surface area (Å²) in [6.45, 7) is 3.85. The van der Waals surface area contributed by atoms with Crippen LogP contribution in [0, 0.1) is 0 Å². The van der Waals surface area contributed by atoms with Crippen LogP contribution in [0.4, 0.5) is 0 Å². The van der Waals surface area contributed by atoms with E-state index in [0.717, 1.165) is 12.0 Å². The van der Waals surface area contributed by atoms with Crippen molar-refractivity contribution < 1.29 is 9.53 Å². The molecule has 1 rings (SSSR count). The normalized spacial score (nSPS) is 12.2. The molecule has 0 N–H and O–H groups in total. The van der Waals surface area contributed by atoms with Crippen LogP contribution in [-0.4, -0.2) is 17.9 Å². The molecule has 0 aliphatic rings. The molecule has 1 aromatic heterocycles. The van der Waals surface area contributed by atoms with Crippen molar-refractivity contribution in [2.45, 2.75) is 51.9 Å². The van der Waals surface area contributed by atoms with Gasteiger partial charge in [-0.15, -0.1) is 0 Å². The fourth-order valence-corrected chi connectivity index (χ4v) is 2.13. The molecule has 100 valence electrons. The van der Waals surface area contributed by atoms with Crippen molar-refractivity contribution in [1.82, 2.24) is 4.98 Å². The first-order valence-corrected chi connectivity index (χ1v) is 6.66. The molecule has 3 heteroatoms. The van der Waals surface area contributed by atoms with Crippen LogP contribution in [0.1, 0.15) is 57.4 Å². The summed E-state index contributed by atoms with van der Waals surface area (Å²) in [5, 5.41) is 0. The number of aromatic nitrogens is 1. The van der Waals surface area contributed by atoms with E-state index >= 15 is 0 Å². The molecule has 0 aliphatic heterocycles. The molecule has 1 heterocycles. The monoisotopic (exact) mass is 249 g/mol. The van der Waals surface area contributed by atoms with Crippen LogP contribution in [-0.2, 0) is 4.79 Å². The topological polar surface area (TPSA) is 39.2 Å². The van der Waals surface area contributed by atoms with Gasteiger partial charge >= 0.3 is 0 Å². The Labute approximate surface area is 110 Å². The zero-order chi connectivity index (χ0) is 13.4. The first-order chi connectivity index (χ1) is 8.67. The lowest BCUT2D eigenvalue weighted by Crippen LogP contribution is -2.05. The number of Topliss-reactive ketones (excluding diaryl/α,β-unsaturated/α-hetero) is 1. The molecular formula is C15H23NO2. The highest BCUT2D eigenvalue weighted by molar-refractivity contribution is 5.76. The Balaban J connectivity index is 2.69. The van der Waals surface area contributed by atoms with Crippen molar-refractivity contribution in [3.63, 3.8) is 0 Å². The van der Waals surface area contributed by atoms with E-state index in [-0.39, 0.29) is 5.78 Å². The third kappa shape index (κ3) is 4.86. The summed E-state index contributed by atoms with van der Waals surface area (Å²) in [4.78, 5) is 15.6. The molecule has 0 unspecified atom stereocenters. The molecule has 0 amide bonds. The first-order valence-electron chi connectivity index (χ1n) is 6.66. The van der Waals surface area contributed by atoms with Gasteiger partial charge in [-0.1, -0.05) is 32.3 Å². The lowest BCUT2D eigenvalue weighted by Gasteiger charge is -2.15. The summed E-state index contributed by atoms with van der Waals surface area (Å²) in [7, 11) is 1.61. The number of hydrogen-bond donors (Lipinski definition) is 0. The van der Waals surface area contributed by atoms with Crippen molar-refractivity contribution in [1.29, 1.82) is 0 Å². The van der Waals surface area contributed by atoms with E-state index in [1.165, 1.54) is 19.3 Å². The number of ketones is 1. The van der Waals surface area contributed by atoms with Crippen LogP contribution in [0.25, 0.3) is 0 Å². The van der Waals surface area contributed by atoms with Gasteiger partial charge in [-0.2, -0.15) is 0 Å². The van der Waals surface area contributed by atoms with Crippen LogP contribution >= 0.6 is 0 Å². The molecular weight excluding hydrogens is 226 g/mol. The fourth-order valence-electron chi connectivity index (χ4n) is 2.13. The van der Waals surface area contributed by atoms with Crippen molar-refractivity contribution >= 4 is 5.78 Å². The number of rotatable bonds is 8. The average Bonchev–Trinajstić information content (AvgIpc) is 2.37. The molecule has 0 radical (unpaired) electrons. The summed E-state index contributed by atoms with van der Waals surface area (Å²) in [6, 6.07) is 3.88. The van der Waals surface area contributed by atoms with E-state index in [2.05, 4.69) is 11.9 Å². The van der Waals surface area contributed by atoms with Gasteiger partial charge in [-0.25, -0.2) is 4.98 Å². The largest absolute Gasteiger partial charge is 0.481 e. The lowest BCUT2D eigenvalue weighted by atomic mass is 9.90. The number of unbranched alkanes of at least 4 members (excludes halogenated alkanes) is 2. The molecule has 0 aromatic carbocycles. The highest BCUT2D eigenvalue weighted by atomic mass is 16.5. The van der Waals surface area contributed by atoms with Crippen molar-refractivity contribution in [3.8, 4) is 5.88 Å². The SMILES string of the molecule is CCCCC[C@H](CC(C)=O)c1ccc(OC)nc1. The molecule has 0 saturated carbocycles. The second kappa shape index (κ2) is 7.85. The zero-order valence-corrected chi connectivity index (χ0v) is 11.6. The van der Waals surface area contributed by atoms with Gasteiger partial charge in [0, 0.05) is 18.7 Å². The molecule has 0 aliphatic carbocycles. The first kappa shape index (κ1) is 14.7. The third-order valence-corrected chi connectivity index (χ3v) is 3.13. The molecule has 0 fully saturated rings. The Morgan fingerprint density at radius 1 is 1.39 bits per heavy atom. The van der Waals surface area contributed by atoms with Gasteiger partial charge in [0.25, 0.3) is 0 Å². The maximum absolute atomic E-state index is 11.3. The molecule has 0 bridgehead atoms. The number of hydrogen-bond acceptors (Lipinski definition) is 3. The second-order valence-electron chi connectivity index (χ2n) is 4.73.